The van der Waals surface area contributed by atoms with E-state index in [9.17, 15) is 4.79 Å². The molecule has 3 fully saturated rings. The molecular weight excluding hydrogens is 356 g/mol. The summed E-state index contributed by atoms with van der Waals surface area (Å²) in [5, 5.41) is 0. The first-order valence-corrected chi connectivity index (χ1v) is 11.8. The standard InChI is InChI=1S/C26H36N2O/c1-5-18-14-19(16-27-15-18)21-7-8-22-20-6-9-24-26(4,12-13-28(24)17(2)29)23(20)10-11-25(21,22)3/h7,14-16,20,22-24H,5-6,8-13H2,1-4H3/t20-,22-,23-,24?,25?,26+/m0/s1. The van der Waals surface area contributed by atoms with Crippen molar-refractivity contribution >= 4 is 11.5 Å². The zero-order valence-electron chi connectivity index (χ0n) is 18.6. The average molecular weight is 393 g/mol. The van der Waals surface area contributed by atoms with Crippen LogP contribution in [0, 0.1) is 28.6 Å². The third-order valence-corrected chi connectivity index (χ3v) is 9.59. The zero-order valence-corrected chi connectivity index (χ0v) is 18.6. The maximum atomic E-state index is 12.2. The van der Waals surface area contributed by atoms with Crippen LogP contribution in [0.5, 0.6) is 0 Å². The van der Waals surface area contributed by atoms with Crippen LogP contribution in [-0.2, 0) is 11.2 Å². The fourth-order valence-corrected chi connectivity index (χ4v) is 8.04. The highest BCUT2D eigenvalue weighted by Gasteiger charge is 2.60. The summed E-state index contributed by atoms with van der Waals surface area (Å²) in [6.07, 6.45) is 15.2. The summed E-state index contributed by atoms with van der Waals surface area (Å²) >= 11 is 0. The molecule has 1 aromatic heterocycles. The number of fused-ring (bicyclic) bond motifs is 5. The molecule has 0 spiro atoms. The number of carbonyl (C=O) groups is 1. The molecule has 3 heteroatoms. The van der Waals surface area contributed by atoms with Gasteiger partial charge >= 0.3 is 0 Å². The molecule has 0 radical (unpaired) electrons. The topological polar surface area (TPSA) is 33.2 Å². The number of nitrogens with zero attached hydrogens (tertiary/aromatic N) is 2. The third kappa shape index (κ3) is 2.68. The number of hydrogen-bond donors (Lipinski definition) is 0. The van der Waals surface area contributed by atoms with E-state index in [4.69, 9.17) is 0 Å². The van der Waals surface area contributed by atoms with Gasteiger partial charge in [-0.15, -0.1) is 0 Å². The number of amides is 1. The number of rotatable bonds is 2. The first-order valence-electron chi connectivity index (χ1n) is 11.8. The van der Waals surface area contributed by atoms with Gasteiger partial charge in [-0.2, -0.15) is 0 Å². The predicted molar refractivity (Wildman–Crippen MR) is 117 cm³/mol. The molecule has 156 valence electrons. The molecule has 29 heavy (non-hydrogen) atoms. The van der Waals surface area contributed by atoms with Crippen LogP contribution in [0.2, 0.25) is 0 Å². The van der Waals surface area contributed by atoms with E-state index in [-0.39, 0.29) is 11.3 Å². The summed E-state index contributed by atoms with van der Waals surface area (Å²) in [6.45, 7) is 10.0. The molecule has 3 aliphatic carbocycles. The lowest BCUT2D eigenvalue weighted by Crippen LogP contribution is -2.54. The number of hydrogen-bond acceptors (Lipinski definition) is 2. The van der Waals surface area contributed by atoms with E-state index in [1.165, 1.54) is 49.7 Å². The Morgan fingerprint density at radius 3 is 2.76 bits per heavy atom. The van der Waals surface area contributed by atoms with Gasteiger partial charge in [-0.1, -0.05) is 26.8 Å². The molecule has 6 atom stereocenters. The molecule has 2 saturated carbocycles. The molecule has 1 aliphatic heterocycles. The highest BCUT2D eigenvalue weighted by molar-refractivity contribution is 5.74. The van der Waals surface area contributed by atoms with Gasteiger partial charge in [-0.3, -0.25) is 9.78 Å². The van der Waals surface area contributed by atoms with Crippen molar-refractivity contribution in [1.29, 1.82) is 0 Å². The molecule has 4 aliphatic rings. The van der Waals surface area contributed by atoms with Crippen LogP contribution in [0.4, 0.5) is 0 Å². The Hall–Kier alpha value is -1.64. The monoisotopic (exact) mass is 392 g/mol. The molecule has 1 saturated heterocycles. The number of likely N-dealkylation sites (tertiary alicyclic amines) is 1. The lowest BCUT2D eigenvalue weighted by molar-refractivity contribution is -0.134. The van der Waals surface area contributed by atoms with E-state index < -0.39 is 0 Å². The predicted octanol–water partition coefficient (Wildman–Crippen LogP) is 5.50. The molecule has 2 heterocycles. The Morgan fingerprint density at radius 1 is 1.17 bits per heavy atom. The van der Waals surface area contributed by atoms with Gasteiger partial charge in [-0.25, -0.2) is 0 Å². The summed E-state index contributed by atoms with van der Waals surface area (Å²) < 4.78 is 0. The second-order valence-electron chi connectivity index (χ2n) is 10.7. The third-order valence-electron chi connectivity index (χ3n) is 9.59. The first-order chi connectivity index (χ1) is 13.9. The minimum atomic E-state index is 0.283. The minimum absolute atomic E-state index is 0.283. The van der Waals surface area contributed by atoms with E-state index >= 15 is 0 Å². The quantitative estimate of drug-likeness (QED) is 0.666. The van der Waals surface area contributed by atoms with Crippen LogP contribution in [-0.4, -0.2) is 28.4 Å². The summed E-state index contributed by atoms with van der Waals surface area (Å²) in [6, 6.07) is 2.85. The van der Waals surface area contributed by atoms with Gasteiger partial charge < -0.3 is 4.90 Å². The second-order valence-corrected chi connectivity index (χ2v) is 10.7. The lowest BCUT2D eigenvalue weighted by atomic mass is 9.48. The molecule has 3 nitrogen and oxygen atoms in total. The van der Waals surface area contributed by atoms with E-state index in [0.29, 0.717) is 11.5 Å². The summed E-state index contributed by atoms with van der Waals surface area (Å²) in [7, 11) is 0. The molecule has 0 bridgehead atoms. The fraction of sp³-hybridized carbons (Fsp3) is 0.692. The molecule has 2 unspecified atom stereocenters. The molecular formula is C26H36N2O. The minimum Gasteiger partial charge on any atom is -0.339 e. The van der Waals surface area contributed by atoms with Crippen molar-refractivity contribution in [3.05, 3.63) is 35.7 Å². The normalized spacial score (nSPS) is 40.8. The van der Waals surface area contributed by atoms with Crippen molar-refractivity contribution in [1.82, 2.24) is 9.88 Å². The van der Waals surface area contributed by atoms with E-state index in [0.717, 1.165) is 30.7 Å². The molecule has 1 aromatic rings. The molecule has 5 rings (SSSR count). The van der Waals surface area contributed by atoms with E-state index in [1.54, 1.807) is 12.5 Å². The Labute approximate surface area is 176 Å². The Kier molecular flexibility index (Phi) is 4.46. The Bertz CT molecular complexity index is 860. The zero-order chi connectivity index (χ0) is 20.4. The van der Waals surface area contributed by atoms with Gasteiger partial charge in [0.1, 0.15) is 0 Å². The van der Waals surface area contributed by atoms with Crippen molar-refractivity contribution in [3.63, 3.8) is 0 Å². The van der Waals surface area contributed by atoms with Gasteiger partial charge in [0.05, 0.1) is 0 Å². The Balaban J connectivity index is 1.43. The fourth-order valence-electron chi connectivity index (χ4n) is 8.04. The highest BCUT2D eigenvalue weighted by Crippen LogP contribution is 2.66. The number of allylic oxidation sites excluding steroid dienone is 2. The van der Waals surface area contributed by atoms with Crippen LogP contribution in [0.3, 0.4) is 0 Å². The Morgan fingerprint density at radius 2 is 2.00 bits per heavy atom. The van der Waals surface area contributed by atoms with Crippen molar-refractivity contribution in [2.75, 3.05) is 6.54 Å². The smallest absolute Gasteiger partial charge is 0.219 e. The number of pyridine rings is 1. The largest absolute Gasteiger partial charge is 0.339 e. The van der Waals surface area contributed by atoms with Crippen LogP contribution < -0.4 is 0 Å². The van der Waals surface area contributed by atoms with Gasteiger partial charge in [0.15, 0.2) is 0 Å². The van der Waals surface area contributed by atoms with Crippen molar-refractivity contribution < 1.29 is 4.79 Å². The van der Waals surface area contributed by atoms with Crippen LogP contribution in [0.25, 0.3) is 5.57 Å². The first kappa shape index (κ1) is 19.3. The van der Waals surface area contributed by atoms with Crippen LogP contribution in [0.1, 0.15) is 77.3 Å². The van der Waals surface area contributed by atoms with Gasteiger partial charge in [-0.05, 0) is 96.3 Å². The SMILES string of the molecule is CCc1cncc(C2=CC[C@H]3[C@@H]4CCC5N(C(C)=O)CC[C@]5(C)[C@H]4CCC23C)c1. The molecule has 0 N–H and O–H groups in total. The summed E-state index contributed by atoms with van der Waals surface area (Å²) in [4.78, 5) is 19.0. The van der Waals surface area contributed by atoms with Crippen molar-refractivity contribution in [2.24, 2.45) is 28.6 Å². The average Bonchev–Trinajstić information content (AvgIpc) is 3.25. The van der Waals surface area contributed by atoms with Crippen molar-refractivity contribution in [2.45, 2.75) is 78.7 Å². The number of carbonyl (C=O) groups excluding carboxylic acids is 1. The molecule has 1 amide bonds. The summed E-state index contributed by atoms with van der Waals surface area (Å²) in [5.41, 5.74) is 4.87. The molecule has 0 aromatic carbocycles. The van der Waals surface area contributed by atoms with E-state index in [1.807, 2.05) is 6.20 Å². The van der Waals surface area contributed by atoms with Gasteiger partial charge in [0.2, 0.25) is 5.91 Å². The van der Waals surface area contributed by atoms with Crippen LogP contribution in [0.15, 0.2) is 24.5 Å². The number of aryl methyl sites for hydroxylation is 1. The lowest BCUT2D eigenvalue weighted by Gasteiger charge is -2.57. The van der Waals surface area contributed by atoms with Crippen LogP contribution >= 0.6 is 0 Å². The van der Waals surface area contributed by atoms with E-state index in [2.05, 4.69) is 49.0 Å². The maximum absolute atomic E-state index is 12.2. The van der Waals surface area contributed by atoms with Gasteiger partial charge in [0, 0.05) is 31.9 Å². The maximum Gasteiger partial charge on any atom is 0.219 e. The second kappa shape index (κ2) is 6.68. The number of aromatic nitrogens is 1. The summed E-state index contributed by atoms with van der Waals surface area (Å²) in [5.74, 6) is 2.62. The van der Waals surface area contributed by atoms with Gasteiger partial charge in [0.25, 0.3) is 0 Å². The van der Waals surface area contributed by atoms with Crippen molar-refractivity contribution in [3.8, 4) is 0 Å². The highest BCUT2D eigenvalue weighted by atomic mass is 16.2.